The minimum atomic E-state index is -0.474. The summed E-state index contributed by atoms with van der Waals surface area (Å²) in [4.78, 5) is 18.1. The zero-order valence-electron chi connectivity index (χ0n) is 22.6. The molecule has 0 bridgehead atoms. The smallest absolute Gasteiger partial charge is 0.311 e. The number of pyridine rings is 1. The fraction of sp³-hybridized carbons (Fsp3) is 0.267. The van der Waals surface area contributed by atoms with Gasteiger partial charge in [0.1, 0.15) is 30.3 Å². The summed E-state index contributed by atoms with van der Waals surface area (Å²) >= 11 is 6.52. The van der Waals surface area contributed by atoms with Crippen molar-refractivity contribution in [2.45, 2.75) is 25.6 Å². The third-order valence-corrected chi connectivity index (χ3v) is 7.28. The second-order valence-electron chi connectivity index (χ2n) is 9.78. The number of likely N-dealkylation sites (tertiary alicyclic amines) is 1. The number of benzene rings is 3. The first-order chi connectivity index (χ1) is 19.8. The Morgan fingerprint density at radius 3 is 2.56 bits per heavy atom. The van der Waals surface area contributed by atoms with E-state index in [2.05, 4.69) is 21.3 Å². The Morgan fingerprint density at radius 2 is 1.90 bits per heavy atom. The number of nitriles is 1. The van der Waals surface area contributed by atoms with Crippen molar-refractivity contribution in [3.05, 3.63) is 87.1 Å². The van der Waals surface area contributed by atoms with Crippen LogP contribution in [0.25, 0.3) is 10.9 Å². The van der Waals surface area contributed by atoms with Crippen molar-refractivity contribution < 1.29 is 19.1 Å². The van der Waals surface area contributed by atoms with Crippen molar-refractivity contribution >= 4 is 39.6 Å². The molecule has 4 aromatic rings. The molecular weight excluding hydrogens is 546 g/mol. The summed E-state index contributed by atoms with van der Waals surface area (Å²) in [6.07, 6.45) is 2.87. The van der Waals surface area contributed by atoms with Gasteiger partial charge in [0, 0.05) is 42.5 Å². The SMILES string of the molecule is COc1ccc(COc2ccc(Nc3c(C#N)cnc4cc(OC5CCN(C)CC5)c([N+](=O)[O-])cc34)cc2Cl)cc1. The maximum atomic E-state index is 12.0. The number of hydrogen-bond acceptors (Lipinski definition) is 9. The van der Waals surface area contributed by atoms with Crippen molar-refractivity contribution in [3.8, 4) is 23.3 Å². The zero-order chi connectivity index (χ0) is 28.9. The highest BCUT2D eigenvalue weighted by Gasteiger charge is 2.25. The quantitative estimate of drug-likeness (QED) is 0.177. The third-order valence-electron chi connectivity index (χ3n) is 6.98. The minimum absolute atomic E-state index is 0.120. The van der Waals surface area contributed by atoms with E-state index in [4.69, 9.17) is 25.8 Å². The van der Waals surface area contributed by atoms with E-state index in [-0.39, 0.29) is 23.1 Å². The molecule has 5 rings (SSSR count). The van der Waals surface area contributed by atoms with E-state index in [1.165, 1.54) is 12.3 Å². The Balaban J connectivity index is 1.40. The Hall–Kier alpha value is -4.59. The molecule has 1 saturated heterocycles. The van der Waals surface area contributed by atoms with Crippen molar-refractivity contribution in [2.24, 2.45) is 0 Å². The normalized spacial score (nSPS) is 13.9. The predicted molar refractivity (Wildman–Crippen MR) is 156 cm³/mol. The second kappa shape index (κ2) is 12.3. The number of aromatic nitrogens is 1. The average molecular weight is 574 g/mol. The minimum Gasteiger partial charge on any atom is -0.497 e. The monoisotopic (exact) mass is 573 g/mol. The summed E-state index contributed by atoms with van der Waals surface area (Å²) in [5.41, 5.74) is 2.42. The number of piperidine rings is 1. The summed E-state index contributed by atoms with van der Waals surface area (Å²) in [5, 5.41) is 25.8. The number of nitrogens with one attached hydrogen (secondary N) is 1. The van der Waals surface area contributed by atoms with Gasteiger partial charge < -0.3 is 24.4 Å². The zero-order valence-corrected chi connectivity index (χ0v) is 23.4. The molecule has 1 aliphatic rings. The van der Waals surface area contributed by atoms with Crippen LogP contribution >= 0.6 is 11.6 Å². The first-order valence-electron chi connectivity index (χ1n) is 13.0. The first-order valence-corrected chi connectivity index (χ1v) is 13.4. The van der Waals surface area contributed by atoms with Crippen molar-refractivity contribution in [3.63, 3.8) is 0 Å². The van der Waals surface area contributed by atoms with Gasteiger partial charge in [0.05, 0.1) is 33.8 Å². The van der Waals surface area contributed by atoms with Gasteiger partial charge in [-0.25, -0.2) is 0 Å². The van der Waals surface area contributed by atoms with Crippen LogP contribution in [0.1, 0.15) is 24.0 Å². The van der Waals surface area contributed by atoms with Crippen LogP contribution in [0.5, 0.6) is 17.2 Å². The molecule has 0 spiro atoms. The number of rotatable bonds is 9. The predicted octanol–water partition coefficient (Wildman–Crippen LogP) is 6.47. The Labute approximate surface area is 242 Å². The molecule has 0 aliphatic carbocycles. The Morgan fingerprint density at radius 1 is 1.15 bits per heavy atom. The molecule has 3 aromatic carbocycles. The molecule has 0 radical (unpaired) electrons. The molecule has 0 amide bonds. The largest absolute Gasteiger partial charge is 0.497 e. The van der Waals surface area contributed by atoms with Crippen LogP contribution in [0.15, 0.2) is 60.8 Å². The van der Waals surface area contributed by atoms with Gasteiger partial charge in [0.15, 0.2) is 5.75 Å². The number of fused-ring (bicyclic) bond motifs is 1. The van der Waals surface area contributed by atoms with E-state index in [0.717, 1.165) is 37.2 Å². The number of nitro benzene ring substituents is 1. The summed E-state index contributed by atoms with van der Waals surface area (Å²) in [5.74, 6) is 1.41. The van der Waals surface area contributed by atoms with Crippen LogP contribution in [0.4, 0.5) is 17.1 Å². The van der Waals surface area contributed by atoms with Gasteiger partial charge in [-0.3, -0.25) is 15.1 Å². The van der Waals surface area contributed by atoms with Gasteiger partial charge in [-0.15, -0.1) is 0 Å². The number of halogens is 1. The van der Waals surface area contributed by atoms with Crippen LogP contribution in [-0.2, 0) is 6.61 Å². The molecule has 1 fully saturated rings. The standard InChI is InChI=1S/C30H28ClN5O5/c1-35-11-9-23(10-12-35)41-29-15-26-24(14-27(29)36(37)38)30(20(16-32)17-33-26)34-21-5-8-28(25(31)13-21)40-18-19-3-6-22(39-2)7-4-19/h3-8,13-15,17,23H,9-12,18H2,1-2H3,(H,33,34). The summed E-state index contributed by atoms with van der Waals surface area (Å²) in [6.45, 7) is 2.03. The van der Waals surface area contributed by atoms with Crippen LogP contribution < -0.4 is 19.5 Å². The van der Waals surface area contributed by atoms with E-state index in [9.17, 15) is 15.4 Å². The number of anilines is 2. The molecule has 41 heavy (non-hydrogen) atoms. The highest BCUT2D eigenvalue weighted by molar-refractivity contribution is 6.32. The Kier molecular flexibility index (Phi) is 8.38. The van der Waals surface area contributed by atoms with Crippen LogP contribution in [0, 0.1) is 21.4 Å². The molecule has 1 N–H and O–H groups in total. The molecule has 11 heteroatoms. The van der Waals surface area contributed by atoms with Crippen molar-refractivity contribution in [2.75, 3.05) is 32.6 Å². The highest BCUT2D eigenvalue weighted by atomic mass is 35.5. The van der Waals surface area contributed by atoms with Gasteiger partial charge in [-0.05, 0) is 55.8 Å². The summed E-state index contributed by atoms with van der Waals surface area (Å²) in [6, 6.07) is 17.8. The van der Waals surface area contributed by atoms with Crippen LogP contribution in [0.3, 0.4) is 0 Å². The molecule has 0 unspecified atom stereocenters. The van der Waals surface area contributed by atoms with Gasteiger partial charge >= 0.3 is 5.69 Å². The topological polar surface area (TPSA) is 123 Å². The summed E-state index contributed by atoms with van der Waals surface area (Å²) in [7, 11) is 3.65. The number of ether oxygens (including phenoxy) is 3. The van der Waals surface area contributed by atoms with Crippen LogP contribution in [-0.4, -0.2) is 48.2 Å². The fourth-order valence-electron chi connectivity index (χ4n) is 4.67. The van der Waals surface area contributed by atoms with E-state index < -0.39 is 4.92 Å². The molecule has 1 aliphatic heterocycles. The number of nitro groups is 1. The van der Waals surface area contributed by atoms with Gasteiger partial charge in [-0.2, -0.15) is 5.26 Å². The highest BCUT2D eigenvalue weighted by Crippen LogP contribution is 2.39. The molecule has 210 valence electrons. The van der Waals surface area contributed by atoms with Gasteiger partial charge in [0.2, 0.25) is 0 Å². The van der Waals surface area contributed by atoms with E-state index in [0.29, 0.717) is 39.7 Å². The lowest BCUT2D eigenvalue weighted by Crippen LogP contribution is -2.35. The Bertz CT molecular complexity index is 1610. The average Bonchev–Trinajstić information content (AvgIpc) is 2.98. The third kappa shape index (κ3) is 6.43. The van der Waals surface area contributed by atoms with Crippen LogP contribution in [0.2, 0.25) is 5.02 Å². The molecule has 0 saturated carbocycles. The van der Waals surface area contributed by atoms with Crippen molar-refractivity contribution in [1.29, 1.82) is 5.26 Å². The maximum Gasteiger partial charge on any atom is 0.311 e. The number of hydrogen-bond donors (Lipinski definition) is 1. The lowest BCUT2D eigenvalue weighted by atomic mass is 10.1. The van der Waals surface area contributed by atoms with E-state index in [1.54, 1.807) is 31.4 Å². The molecule has 2 heterocycles. The summed E-state index contributed by atoms with van der Waals surface area (Å²) < 4.78 is 17.1. The molecule has 1 aromatic heterocycles. The van der Waals surface area contributed by atoms with E-state index >= 15 is 0 Å². The first kappa shape index (κ1) is 28.0. The molecule has 10 nitrogen and oxygen atoms in total. The fourth-order valence-corrected chi connectivity index (χ4v) is 4.91. The maximum absolute atomic E-state index is 12.0. The van der Waals surface area contributed by atoms with E-state index in [1.807, 2.05) is 31.3 Å². The number of methoxy groups -OCH3 is 1. The van der Waals surface area contributed by atoms with Crippen molar-refractivity contribution in [1.82, 2.24) is 9.88 Å². The second-order valence-corrected chi connectivity index (χ2v) is 10.2. The lowest BCUT2D eigenvalue weighted by molar-refractivity contribution is -0.386. The lowest BCUT2D eigenvalue weighted by Gasteiger charge is -2.29. The number of nitrogens with zero attached hydrogens (tertiary/aromatic N) is 4. The van der Waals surface area contributed by atoms with Gasteiger partial charge in [0.25, 0.3) is 0 Å². The molecule has 0 atom stereocenters. The molecular formula is C30H28ClN5O5. The van der Waals surface area contributed by atoms with Gasteiger partial charge in [-0.1, -0.05) is 23.7 Å².